The minimum absolute atomic E-state index is 0.324. The number of aromatic carboxylic acids is 1. The van der Waals surface area contributed by atoms with Crippen LogP contribution in [0.1, 0.15) is 21.5 Å². The van der Waals surface area contributed by atoms with E-state index in [4.69, 9.17) is 5.11 Å². The van der Waals surface area contributed by atoms with Crippen molar-refractivity contribution in [3.05, 3.63) is 71.3 Å². The second-order valence-electron chi connectivity index (χ2n) is 5.49. The largest absolute Gasteiger partial charge is 0.478 e. The Kier molecular flexibility index (Phi) is 2.58. The molecule has 1 aliphatic carbocycles. The van der Waals surface area contributed by atoms with Crippen molar-refractivity contribution >= 4 is 16.7 Å². The van der Waals surface area contributed by atoms with Crippen LogP contribution in [0.15, 0.2) is 54.6 Å². The van der Waals surface area contributed by atoms with Crippen LogP contribution in [-0.2, 0) is 12.8 Å². The van der Waals surface area contributed by atoms with Gasteiger partial charge in [0.25, 0.3) is 0 Å². The molecular formula is C19H14O2. The van der Waals surface area contributed by atoms with Gasteiger partial charge in [-0.15, -0.1) is 0 Å². The van der Waals surface area contributed by atoms with Crippen molar-refractivity contribution in [1.29, 1.82) is 0 Å². The van der Waals surface area contributed by atoms with Crippen LogP contribution in [0.25, 0.3) is 21.9 Å². The molecule has 3 aromatic rings. The van der Waals surface area contributed by atoms with Gasteiger partial charge in [0.2, 0.25) is 0 Å². The van der Waals surface area contributed by atoms with Crippen LogP contribution in [-0.4, -0.2) is 11.1 Å². The highest BCUT2D eigenvalue weighted by Crippen LogP contribution is 2.36. The number of benzene rings is 3. The number of carboxylic acid groups (broad SMARTS) is 1. The van der Waals surface area contributed by atoms with Gasteiger partial charge in [0.05, 0.1) is 5.56 Å². The van der Waals surface area contributed by atoms with Crippen molar-refractivity contribution in [1.82, 2.24) is 0 Å². The Labute approximate surface area is 122 Å². The molecule has 0 radical (unpaired) electrons. The molecule has 0 unspecified atom stereocenters. The standard InChI is InChI=1S/C19H14O2/c20-19(21)15-8-4-12(5-9-15)16-11-10-14-7-6-13-2-1-3-17(16)18(13)14/h1-5,8-11H,6-7H2,(H,20,21). The average Bonchev–Trinajstić information content (AvgIpc) is 2.93. The molecule has 0 amide bonds. The zero-order valence-electron chi connectivity index (χ0n) is 11.5. The number of aryl methyl sites for hydroxylation is 2. The van der Waals surface area contributed by atoms with E-state index in [1.165, 1.54) is 27.5 Å². The Hall–Kier alpha value is -2.61. The third-order valence-electron chi connectivity index (χ3n) is 4.32. The molecule has 2 heteroatoms. The van der Waals surface area contributed by atoms with Gasteiger partial charge in [-0.3, -0.25) is 0 Å². The lowest BCUT2D eigenvalue weighted by molar-refractivity contribution is 0.0697. The lowest BCUT2D eigenvalue weighted by Crippen LogP contribution is -1.95. The predicted molar refractivity (Wildman–Crippen MR) is 83.8 cm³/mol. The van der Waals surface area contributed by atoms with Crippen molar-refractivity contribution in [3.8, 4) is 11.1 Å². The minimum atomic E-state index is -0.887. The maximum absolute atomic E-state index is 11.0. The van der Waals surface area contributed by atoms with Crippen LogP contribution in [0.4, 0.5) is 0 Å². The average molecular weight is 274 g/mol. The van der Waals surface area contributed by atoms with Crippen LogP contribution in [0.2, 0.25) is 0 Å². The fourth-order valence-electron chi connectivity index (χ4n) is 3.29. The molecule has 0 atom stereocenters. The van der Waals surface area contributed by atoms with E-state index in [0.717, 1.165) is 18.4 Å². The minimum Gasteiger partial charge on any atom is -0.478 e. The summed E-state index contributed by atoms with van der Waals surface area (Å²) in [6, 6.07) is 18.0. The van der Waals surface area contributed by atoms with Crippen LogP contribution in [0.5, 0.6) is 0 Å². The molecule has 0 bridgehead atoms. The monoisotopic (exact) mass is 274 g/mol. The molecule has 0 aliphatic heterocycles. The number of hydrogen-bond acceptors (Lipinski definition) is 1. The van der Waals surface area contributed by atoms with Crippen LogP contribution < -0.4 is 0 Å². The first-order chi connectivity index (χ1) is 10.2. The molecule has 0 heterocycles. The summed E-state index contributed by atoms with van der Waals surface area (Å²) in [6.45, 7) is 0. The lowest BCUT2D eigenvalue weighted by Gasteiger charge is -2.09. The van der Waals surface area contributed by atoms with Crippen LogP contribution >= 0.6 is 0 Å². The number of carbonyl (C=O) groups is 1. The van der Waals surface area contributed by atoms with E-state index in [1.54, 1.807) is 12.1 Å². The van der Waals surface area contributed by atoms with Crippen LogP contribution in [0.3, 0.4) is 0 Å². The SMILES string of the molecule is O=C(O)c1ccc(-c2ccc3c4c(cccc24)CC3)cc1. The van der Waals surface area contributed by atoms with Gasteiger partial charge >= 0.3 is 5.97 Å². The fourth-order valence-corrected chi connectivity index (χ4v) is 3.29. The third-order valence-corrected chi connectivity index (χ3v) is 4.32. The van der Waals surface area contributed by atoms with Crippen molar-refractivity contribution in [2.75, 3.05) is 0 Å². The second kappa shape index (κ2) is 4.45. The molecule has 1 N–H and O–H groups in total. The Balaban J connectivity index is 1.93. The van der Waals surface area contributed by atoms with Gasteiger partial charge in [-0.25, -0.2) is 4.79 Å². The Morgan fingerprint density at radius 3 is 2.29 bits per heavy atom. The molecule has 0 saturated carbocycles. The van der Waals surface area contributed by atoms with Crippen molar-refractivity contribution in [2.24, 2.45) is 0 Å². The highest BCUT2D eigenvalue weighted by atomic mass is 16.4. The molecule has 102 valence electrons. The van der Waals surface area contributed by atoms with Gasteiger partial charge in [-0.1, -0.05) is 42.5 Å². The first-order valence-electron chi connectivity index (χ1n) is 7.11. The summed E-state index contributed by atoms with van der Waals surface area (Å²) in [5.41, 5.74) is 5.41. The Morgan fingerprint density at radius 1 is 0.857 bits per heavy atom. The maximum atomic E-state index is 11.0. The molecule has 0 fully saturated rings. The number of hydrogen-bond donors (Lipinski definition) is 1. The van der Waals surface area contributed by atoms with E-state index in [-0.39, 0.29) is 0 Å². The zero-order valence-corrected chi connectivity index (χ0v) is 11.5. The molecule has 4 rings (SSSR count). The van der Waals surface area contributed by atoms with Crippen molar-refractivity contribution in [3.63, 3.8) is 0 Å². The van der Waals surface area contributed by atoms with E-state index >= 15 is 0 Å². The van der Waals surface area contributed by atoms with Gasteiger partial charge in [0.15, 0.2) is 0 Å². The Bertz CT molecular complexity index is 850. The van der Waals surface area contributed by atoms with Gasteiger partial charge in [0.1, 0.15) is 0 Å². The van der Waals surface area contributed by atoms with Gasteiger partial charge in [-0.05, 0) is 58.0 Å². The lowest BCUT2D eigenvalue weighted by atomic mass is 9.95. The highest BCUT2D eigenvalue weighted by Gasteiger charge is 2.16. The van der Waals surface area contributed by atoms with E-state index in [9.17, 15) is 4.79 Å². The topological polar surface area (TPSA) is 37.3 Å². The first kappa shape index (κ1) is 12.2. The molecule has 21 heavy (non-hydrogen) atoms. The molecule has 0 spiro atoms. The summed E-state index contributed by atoms with van der Waals surface area (Å²) in [4.78, 5) is 11.0. The quantitative estimate of drug-likeness (QED) is 0.756. The molecule has 3 aromatic carbocycles. The van der Waals surface area contributed by atoms with Gasteiger partial charge in [0, 0.05) is 0 Å². The van der Waals surface area contributed by atoms with E-state index in [1.807, 2.05) is 12.1 Å². The van der Waals surface area contributed by atoms with E-state index in [2.05, 4.69) is 30.3 Å². The van der Waals surface area contributed by atoms with Gasteiger partial charge < -0.3 is 5.11 Å². The second-order valence-corrected chi connectivity index (χ2v) is 5.49. The first-order valence-corrected chi connectivity index (χ1v) is 7.11. The molecule has 2 nitrogen and oxygen atoms in total. The summed E-state index contributed by atoms with van der Waals surface area (Å²) in [5.74, 6) is -0.887. The predicted octanol–water partition coefficient (Wildman–Crippen LogP) is 4.30. The highest BCUT2D eigenvalue weighted by molar-refractivity contribution is 6.01. The van der Waals surface area contributed by atoms with E-state index in [0.29, 0.717) is 5.56 Å². The summed E-state index contributed by atoms with van der Waals surface area (Å²) < 4.78 is 0. The molecule has 1 aliphatic rings. The maximum Gasteiger partial charge on any atom is 0.335 e. The Morgan fingerprint density at radius 2 is 1.57 bits per heavy atom. The summed E-state index contributed by atoms with van der Waals surface area (Å²) >= 11 is 0. The molecule has 0 saturated heterocycles. The third kappa shape index (κ3) is 1.83. The summed E-state index contributed by atoms with van der Waals surface area (Å²) in [5, 5.41) is 11.7. The van der Waals surface area contributed by atoms with Crippen molar-refractivity contribution < 1.29 is 9.90 Å². The van der Waals surface area contributed by atoms with Crippen molar-refractivity contribution in [2.45, 2.75) is 12.8 Å². The summed E-state index contributed by atoms with van der Waals surface area (Å²) in [7, 11) is 0. The van der Waals surface area contributed by atoms with E-state index < -0.39 is 5.97 Å². The summed E-state index contributed by atoms with van der Waals surface area (Å²) in [6.07, 6.45) is 2.24. The molecule has 0 aromatic heterocycles. The smallest absolute Gasteiger partial charge is 0.335 e. The normalized spacial score (nSPS) is 12.8. The molecular weight excluding hydrogens is 260 g/mol. The number of rotatable bonds is 2. The van der Waals surface area contributed by atoms with Crippen LogP contribution in [0, 0.1) is 0 Å². The number of carboxylic acids is 1. The fraction of sp³-hybridized carbons (Fsp3) is 0.105. The zero-order chi connectivity index (χ0) is 14.4. The van der Waals surface area contributed by atoms with Gasteiger partial charge in [-0.2, -0.15) is 0 Å².